The number of carbonyl (C=O) groups excluding carboxylic acids is 3. The molecule has 0 saturated carbocycles. The maximum atomic E-state index is 11.2. The van der Waals surface area contributed by atoms with Crippen molar-refractivity contribution in [2.24, 2.45) is 0 Å². The number of carbonyl (C=O) groups is 4. The molecule has 0 aliphatic carbocycles. The number of carboxylic acid groups (broad SMARTS) is 1. The molecule has 18 N–H and O–H groups in total. The second-order valence-electron chi connectivity index (χ2n) is 9.65. The van der Waals surface area contributed by atoms with Crippen molar-refractivity contribution < 1.29 is 111 Å². The fourth-order valence-electron chi connectivity index (χ4n) is 3.37. The molecule has 0 bridgehead atoms. The van der Waals surface area contributed by atoms with Crippen LogP contribution < -0.4 is 5.32 Å². The van der Waals surface area contributed by atoms with Crippen LogP contribution in [0.4, 0.5) is 0 Å². The number of aldehydes is 2. The van der Waals surface area contributed by atoms with E-state index in [0.717, 1.165) is 0 Å². The van der Waals surface area contributed by atoms with E-state index in [1.165, 1.54) is 0 Å². The minimum Gasteiger partial charge on any atom is -0.477 e. The number of ether oxygens (including phenoxy) is 1. The van der Waals surface area contributed by atoms with Gasteiger partial charge in [-0.2, -0.15) is 0 Å². The van der Waals surface area contributed by atoms with Gasteiger partial charge >= 0.3 is 5.97 Å². The summed E-state index contributed by atoms with van der Waals surface area (Å²) in [4.78, 5) is 42.0. The highest BCUT2D eigenvalue weighted by atomic mass is 16.7. The van der Waals surface area contributed by atoms with Crippen molar-refractivity contribution >= 4 is 24.4 Å². The number of aliphatic hydroxyl groups excluding tert-OH is 15. The average molecular weight is 686 g/mol. The van der Waals surface area contributed by atoms with Crippen LogP contribution in [0, 0.1) is 0 Å². The van der Waals surface area contributed by atoms with Gasteiger partial charge in [-0.3, -0.25) is 4.79 Å². The van der Waals surface area contributed by atoms with Gasteiger partial charge < -0.3 is 106 Å². The zero-order valence-electron chi connectivity index (χ0n) is 23.8. The van der Waals surface area contributed by atoms with Crippen molar-refractivity contribution in [2.45, 2.75) is 91.5 Å². The molecule has 46 heavy (non-hydrogen) atoms. The van der Waals surface area contributed by atoms with Crippen LogP contribution in [0.15, 0.2) is 0 Å². The van der Waals surface area contributed by atoms with Crippen molar-refractivity contribution in [2.75, 3.05) is 26.4 Å². The van der Waals surface area contributed by atoms with Gasteiger partial charge in [-0.05, 0) is 0 Å². The molecule has 1 heterocycles. The number of hydrogen-bond acceptors (Lipinski definition) is 21. The highest BCUT2D eigenvalue weighted by molar-refractivity contribution is 5.78. The molecule has 1 rings (SSSR count). The Labute approximate surface area is 259 Å². The molecule has 0 spiro atoms. The second-order valence-corrected chi connectivity index (χ2v) is 9.65. The molecule has 1 fully saturated rings. The van der Waals surface area contributed by atoms with E-state index in [1.54, 1.807) is 0 Å². The summed E-state index contributed by atoms with van der Waals surface area (Å²) >= 11 is 0. The summed E-state index contributed by atoms with van der Waals surface area (Å²) in [6.07, 6.45) is -21.6. The van der Waals surface area contributed by atoms with Gasteiger partial charge in [-0.15, -0.1) is 0 Å². The standard InChI is InChI=1S/C11H19NO10.2C6H12O6/c13-2-5(16)8(18)9-7(12-6(17)3-14)4(15)1-11(21,22-9)10(19)20;2*7-1-3(9)5(11)6(12)4(10)2-8/h4-5,7-9,13-16,18,21H,1-3H2,(H,12,17)(H,19,20);2*1,3-6,8-12H,2H2/t4-,5?,7+,8?,9+,11?;;/m0../s1. The predicted octanol–water partition coefficient (Wildman–Crippen LogP) is -11.7. The predicted molar refractivity (Wildman–Crippen MR) is 141 cm³/mol. The van der Waals surface area contributed by atoms with Crippen LogP contribution in [0.3, 0.4) is 0 Å². The van der Waals surface area contributed by atoms with E-state index in [-0.39, 0.29) is 12.6 Å². The maximum Gasteiger partial charge on any atom is 0.364 e. The lowest BCUT2D eigenvalue weighted by atomic mass is 9.88. The smallest absolute Gasteiger partial charge is 0.364 e. The van der Waals surface area contributed by atoms with Crippen LogP contribution >= 0.6 is 0 Å². The van der Waals surface area contributed by atoms with Crippen LogP contribution in [-0.4, -0.2) is 223 Å². The Morgan fingerprint density at radius 3 is 1.43 bits per heavy atom. The molecule has 14 atom stereocenters. The Morgan fingerprint density at radius 2 is 1.13 bits per heavy atom. The number of aliphatic hydroxyl groups is 16. The lowest BCUT2D eigenvalue weighted by Gasteiger charge is -2.44. The van der Waals surface area contributed by atoms with Crippen LogP contribution in [0.5, 0.6) is 0 Å². The summed E-state index contributed by atoms with van der Waals surface area (Å²) in [7, 11) is 0. The van der Waals surface area contributed by atoms with E-state index in [0.29, 0.717) is 0 Å². The van der Waals surface area contributed by atoms with Crippen LogP contribution in [0.25, 0.3) is 0 Å². The molecule has 0 aromatic carbocycles. The van der Waals surface area contributed by atoms with Gasteiger partial charge in [0.1, 0.15) is 73.8 Å². The first-order valence-electron chi connectivity index (χ1n) is 13.0. The van der Waals surface area contributed by atoms with Gasteiger partial charge in [-0.1, -0.05) is 0 Å². The maximum absolute atomic E-state index is 11.2. The molecule has 1 saturated heterocycles. The fourth-order valence-corrected chi connectivity index (χ4v) is 3.37. The molecular weight excluding hydrogens is 642 g/mol. The highest BCUT2D eigenvalue weighted by Gasteiger charge is 2.54. The first-order chi connectivity index (χ1) is 21.2. The third-order valence-corrected chi connectivity index (χ3v) is 6.15. The minimum atomic E-state index is -2.85. The lowest BCUT2D eigenvalue weighted by Crippen LogP contribution is -2.67. The number of amides is 1. The van der Waals surface area contributed by atoms with Gasteiger partial charge in [-0.25, -0.2) is 4.79 Å². The van der Waals surface area contributed by atoms with E-state index in [2.05, 4.69) is 5.32 Å². The number of hydrogen-bond donors (Lipinski definition) is 18. The second kappa shape index (κ2) is 22.2. The molecule has 0 aromatic heterocycles. The summed E-state index contributed by atoms with van der Waals surface area (Å²) in [5.74, 6) is -5.64. The van der Waals surface area contributed by atoms with Crippen LogP contribution in [0.1, 0.15) is 6.42 Å². The molecule has 1 aliphatic heterocycles. The Morgan fingerprint density at radius 1 is 0.739 bits per heavy atom. The van der Waals surface area contributed by atoms with Crippen LogP contribution in [-0.2, 0) is 23.9 Å². The Kier molecular flexibility index (Phi) is 22.1. The zero-order valence-corrected chi connectivity index (χ0v) is 23.8. The summed E-state index contributed by atoms with van der Waals surface area (Å²) in [5.41, 5.74) is 0. The monoisotopic (exact) mass is 685 g/mol. The van der Waals surface area contributed by atoms with Crippen LogP contribution in [0.2, 0.25) is 0 Å². The first kappa shape index (κ1) is 45.7. The van der Waals surface area contributed by atoms with Gasteiger partial charge in [0.2, 0.25) is 5.91 Å². The SMILES string of the molecule is O=C(CO)N[C@@H]1[C@@H](O)CC(O)(C(=O)O)O[C@H]1C(O)C(O)CO.O=CC(O)C(O)C(O)C(O)CO.O=CC(O)C(O)C(O)C(O)CO. The van der Waals surface area contributed by atoms with E-state index in [9.17, 15) is 39.6 Å². The average Bonchev–Trinajstić information content (AvgIpc) is 3.05. The van der Waals surface area contributed by atoms with Crippen molar-refractivity contribution in [3.05, 3.63) is 0 Å². The van der Waals surface area contributed by atoms with E-state index in [4.69, 9.17) is 71.1 Å². The molecule has 11 unspecified atom stereocenters. The molecule has 23 nitrogen and oxygen atoms in total. The van der Waals surface area contributed by atoms with Gasteiger partial charge in [0.05, 0.1) is 32.0 Å². The van der Waals surface area contributed by atoms with Crippen molar-refractivity contribution in [3.8, 4) is 0 Å². The summed E-state index contributed by atoms with van der Waals surface area (Å²) in [6, 6.07) is -1.42. The van der Waals surface area contributed by atoms with Gasteiger partial charge in [0.25, 0.3) is 5.79 Å². The number of aliphatic carboxylic acids is 1. The normalized spacial score (nSPS) is 27.6. The molecular formula is C23H43NO22. The molecule has 272 valence electrons. The Balaban J connectivity index is 0. The molecule has 1 amide bonds. The Hall–Kier alpha value is -2.40. The minimum absolute atomic E-state index is 0.0258. The van der Waals surface area contributed by atoms with E-state index in [1.807, 2.05) is 0 Å². The van der Waals surface area contributed by atoms with Gasteiger partial charge in [0, 0.05) is 6.42 Å². The third kappa shape index (κ3) is 14.2. The summed E-state index contributed by atoms with van der Waals surface area (Å²) < 4.78 is 4.83. The largest absolute Gasteiger partial charge is 0.477 e. The number of rotatable bonds is 16. The zero-order chi connectivity index (χ0) is 36.5. The van der Waals surface area contributed by atoms with Crippen molar-refractivity contribution in [1.82, 2.24) is 5.32 Å². The van der Waals surface area contributed by atoms with Crippen molar-refractivity contribution in [3.63, 3.8) is 0 Å². The van der Waals surface area contributed by atoms with Gasteiger partial charge in [0.15, 0.2) is 12.6 Å². The summed E-state index contributed by atoms with van der Waals surface area (Å²) in [6.45, 7) is -3.38. The molecule has 23 heteroatoms. The molecule has 1 aliphatic rings. The fraction of sp³-hybridized carbons (Fsp3) is 0.826. The lowest BCUT2D eigenvalue weighted by molar-refractivity contribution is -0.295. The number of carboxylic acids is 1. The summed E-state index contributed by atoms with van der Waals surface area (Å²) in [5, 5.41) is 155. The molecule has 0 aromatic rings. The number of nitrogens with one attached hydrogen (secondary N) is 1. The van der Waals surface area contributed by atoms with Crippen molar-refractivity contribution in [1.29, 1.82) is 0 Å². The third-order valence-electron chi connectivity index (χ3n) is 6.15. The van der Waals surface area contributed by atoms with E-state index < -0.39 is 130 Å². The molecule has 0 radical (unpaired) electrons. The quantitative estimate of drug-likeness (QED) is 0.0670. The Bertz CT molecular complexity index is 866. The highest BCUT2D eigenvalue weighted by Crippen LogP contribution is 2.30. The topological polar surface area (TPSA) is 433 Å². The first-order valence-corrected chi connectivity index (χ1v) is 13.0. The van der Waals surface area contributed by atoms with E-state index >= 15 is 0 Å².